The first-order valence-electron chi connectivity index (χ1n) is 7.00. The van der Waals surface area contributed by atoms with Crippen LogP contribution >= 0.6 is 11.6 Å². The highest BCUT2D eigenvalue weighted by atomic mass is 35.5. The maximum atomic E-state index is 6.14. The van der Waals surface area contributed by atoms with Crippen LogP contribution in [0.1, 0.15) is 37.7 Å². The highest BCUT2D eigenvalue weighted by Gasteiger charge is 2.20. The Balaban J connectivity index is 1.91. The lowest BCUT2D eigenvalue weighted by atomic mass is 9.90. The average Bonchev–Trinajstić information content (AvgIpc) is 2.91. The maximum absolute atomic E-state index is 6.14. The van der Waals surface area contributed by atoms with Crippen LogP contribution in [-0.2, 0) is 6.42 Å². The van der Waals surface area contributed by atoms with Crippen molar-refractivity contribution in [1.29, 1.82) is 0 Å². The molecule has 1 aliphatic carbocycles. The molecule has 1 aromatic carbocycles. The Morgan fingerprint density at radius 3 is 2.78 bits per heavy atom. The van der Waals surface area contributed by atoms with Crippen molar-refractivity contribution in [3.63, 3.8) is 0 Å². The van der Waals surface area contributed by atoms with Gasteiger partial charge in [0.25, 0.3) is 0 Å². The van der Waals surface area contributed by atoms with Gasteiger partial charge >= 0.3 is 0 Å². The van der Waals surface area contributed by atoms with Crippen LogP contribution in [0.5, 0.6) is 5.75 Å². The Bertz CT molecular complexity index is 358. The van der Waals surface area contributed by atoms with Gasteiger partial charge in [-0.05, 0) is 42.4 Å². The monoisotopic (exact) mass is 266 g/mol. The molecular weight excluding hydrogens is 244 g/mol. The van der Waals surface area contributed by atoms with Gasteiger partial charge in [0.15, 0.2) is 0 Å². The molecule has 1 aliphatic rings. The summed E-state index contributed by atoms with van der Waals surface area (Å²) in [7, 11) is 1.72. The van der Waals surface area contributed by atoms with Crippen molar-refractivity contribution in [2.75, 3.05) is 13.0 Å². The lowest BCUT2D eigenvalue weighted by Crippen LogP contribution is -2.11. The summed E-state index contributed by atoms with van der Waals surface area (Å²) in [5, 5.41) is 0. The minimum Gasteiger partial charge on any atom is -0.497 e. The van der Waals surface area contributed by atoms with E-state index in [1.54, 1.807) is 7.11 Å². The molecule has 1 fully saturated rings. The number of ether oxygens (including phenoxy) is 1. The van der Waals surface area contributed by atoms with Gasteiger partial charge in [-0.1, -0.05) is 37.8 Å². The summed E-state index contributed by atoms with van der Waals surface area (Å²) in [6, 6.07) is 8.37. The van der Waals surface area contributed by atoms with Crippen LogP contribution in [0.3, 0.4) is 0 Å². The molecule has 1 unspecified atom stereocenters. The van der Waals surface area contributed by atoms with Crippen LogP contribution in [0.15, 0.2) is 24.3 Å². The summed E-state index contributed by atoms with van der Waals surface area (Å²) in [6.45, 7) is 0. The molecule has 0 saturated heterocycles. The molecule has 0 radical (unpaired) electrons. The minimum absolute atomic E-state index is 0.613. The zero-order chi connectivity index (χ0) is 12.8. The van der Waals surface area contributed by atoms with Crippen LogP contribution in [0.4, 0.5) is 0 Å². The number of methoxy groups -OCH3 is 1. The van der Waals surface area contributed by atoms with Crippen LogP contribution in [0, 0.1) is 11.8 Å². The summed E-state index contributed by atoms with van der Waals surface area (Å²) in [5.41, 5.74) is 1.35. The fourth-order valence-electron chi connectivity index (χ4n) is 3.05. The van der Waals surface area contributed by atoms with E-state index >= 15 is 0 Å². The van der Waals surface area contributed by atoms with E-state index in [0.717, 1.165) is 24.0 Å². The van der Waals surface area contributed by atoms with Gasteiger partial charge in [-0.2, -0.15) is 0 Å². The van der Waals surface area contributed by atoms with E-state index in [1.165, 1.54) is 37.7 Å². The molecule has 2 rings (SSSR count). The van der Waals surface area contributed by atoms with E-state index in [4.69, 9.17) is 16.3 Å². The Morgan fingerprint density at radius 2 is 2.11 bits per heavy atom. The second kappa shape index (κ2) is 7.04. The third kappa shape index (κ3) is 3.91. The summed E-state index contributed by atoms with van der Waals surface area (Å²) < 4.78 is 5.27. The minimum atomic E-state index is 0.613. The molecule has 100 valence electrons. The van der Waals surface area contributed by atoms with Crippen LogP contribution < -0.4 is 4.74 Å². The van der Waals surface area contributed by atoms with Crippen LogP contribution in [0.25, 0.3) is 0 Å². The number of benzene rings is 1. The Morgan fingerprint density at radius 1 is 1.33 bits per heavy atom. The standard InChI is InChI=1S/C16H23ClO/c1-18-16-8-4-7-14(11-16)10-15(12-17)9-13-5-2-3-6-13/h4,7-8,11,13,15H,2-3,5-6,9-10,12H2,1H3. The van der Waals surface area contributed by atoms with Gasteiger partial charge in [0.1, 0.15) is 5.75 Å². The first kappa shape index (κ1) is 13.7. The van der Waals surface area contributed by atoms with Gasteiger partial charge < -0.3 is 4.74 Å². The quantitative estimate of drug-likeness (QED) is 0.680. The SMILES string of the molecule is COc1cccc(CC(CCl)CC2CCCC2)c1. The molecular formula is C16H23ClO. The predicted octanol–water partition coefficient (Wildman–Crippen LogP) is 4.67. The van der Waals surface area contributed by atoms with Crippen molar-refractivity contribution in [1.82, 2.24) is 0 Å². The smallest absolute Gasteiger partial charge is 0.119 e. The lowest BCUT2D eigenvalue weighted by Gasteiger charge is -2.18. The van der Waals surface area contributed by atoms with E-state index in [9.17, 15) is 0 Å². The number of alkyl halides is 1. The highest BCUT2D eigenvalue weighted by molar-refractivity contribution is 6.18. The third-order valence-electron chi connectivity index (χ3n) is 4.02. The average molecular weight is 267 g/mol. The van der Waals surface area contributed by atoms with Crippen molar-refractivity contribution in [2.45, 2.75) is 38.5 Å². The van der Waals surface area contributed by atoms with Gasteiger partial charge in [0.05, 0.1) is 7.11 Å². The second-order valence-electron chi connectivity index (χ2n) is 5.46. The van der Waals surface area contributed by atoms with Crippen molar-refractivity contribution in [3.8, 4) is 5.75 Å². The Kier molecular flexibility index (Phi) is 5.37. The molecule has 1 saturated carbocycles. The number of halogens is 1. The number of rotatable bonds is 6. The molecule has 2 heteroatoms. The van der Waals surface area contributed by atoms with E-state index in [2.05, 4.69) is 18.2 Å². The van der Waals surface area contributed by atoms with Crippen molar-refractivity contribution in [2.24, 2.45) is 11.8 Å². The number of hydrogen-bond acceptors (Lipinski definition) is 1. The molecule has 1 aromatic rings. The Labute approximate surface area is 115 Å². The van der Waals surface area contributed by atoms with Gasteiger partial charge in [0, 0.05) is 5.88 Å². The van der Waals surface area contributed by atoms with Crippen LogP contribution in [0.2, 0.25) is 0 Å². The largest absolute Gasteiger partial charge is 0.497 e. The number of hydrogen-bond donors (Lipinski definition) is 0. The molecule has 0 N–H and O–H groups in total. The summed E-state index contributed by atoms with van der Waals surface area (Å²) in [6.07, 6.45) is 8.02. The molecule has 0 aromatic heterocycles. The molecule has 0 heterocycles. The predicted molar refractivity (Wildman–Crippen MR) is 77.5 cm³/mol. The van der Waals surface area contributed by atoms with Crippen molar-refractivity contribution in [3.05, 3.63) is 29.8 Å². The van der Waals surface area contributed by atoms with Crippen LogP contribution in [-0.4, -0.2) is 13.0 Å². The maximum Gasteiger partial charge on any atom is 0.119 e. The third-order valence-corrected chi connectivity index (χ3v) is 4.45. The normalized spacial score (nSPS) is 17.9. The molecule has 0 amide bonds. The van der Waals surface area contributed by atoms with E-state index in [-0.39, 0.29) is 0 Å². The van der Waals surface area contributed by atoms with E-state index in [0.29, 0.717) is 5.92 Å². The van der Waals surface area contributed by atoms with Gasteiger partial charge in [-0.15, -0.1) is 11.6 Å². The van der Waals surface area contributed by atoms with Gasteiger partial charge in [-0.3, -0.25) is 0 Å². The summed E-state index contributed by atoms with van der Waals surface area (Å²) >= 11 is 6.14. The zero-order valence-corrected chi connectivity index (χ0v) is 12.0. The topological polar surface area (TPSA) is 9.23 Å². The second-order valence-corrected chi connectivity index (χ2v) is 5.77. The van der Waals surface area contributed by atoms with Gasteiger partial charge in [0.2, 0.25) is 0 Å². The fourth-order valence-corrected chi connectivity index (χ4v) is 3.29. The molecule has 1 atom stereocenters. The first-order chi connectivity index (χ1) is 8.81. The first-order valence-corrected chi connectivity index (χ1v) is 7.54. The zero-order valence-electron chi connectivity index (χ0n) is 11.2. The molecule has 0 spiro atoms. The lowest BCUT2D eigenvalue weighted by molar-refractivity contribution is 0.396. The summed E-state index contributed by atoms with van der Waals surface area (Å²) in [5.74, 6) is 3.25. The van der Waals surface area contributed by atoms with E-state index < -0.39 is 0 Å². The van der Waals surface area contributed by atoms with Crippen molar-refractivity contribution >= 4 is 11.6 Å². The molecule has 0 aliphatic heterocycles. The molecule has 0 bridgehead atoms. The van der Waals surface area contributed by atoms with Crippen molar-refractivity contribution < 1.29 is 4.74 Å². The fraction of sp³-hybridized carbons (Fsp3) is 0.625. The molecule has 18 heavy (non-hydrogen) atoms. The molecule has 1 nitrogen and oxygen atoms in total. The Hall–Kier alpha value is -0.690. The highest BCUT2D eigenvalue weighted by Crippen LogP contribution is 2.32. The van der Waals surface area contributed by atoms with Gasteiger partial charge in [-0.25, -0.2) is 0 Å². The summed E-state index contributed by atoms with van der Waals surface area (Å²) in [4.78, 5) is 0. The van der Waals surface area contributed by atoms with E-state index in [1.807, 2.05) is 6.07 Å².